The van der Waals surface area contributed by atoms with Crippen LogP contribution in [0.15, 0.2) is 97.2 Å². The number of hydrogen-bond donors (Lipinski definition) is 2. The number of benzene rings is 3. The third-order valence-electron chi connectivity index (χ3n) is 8.88. The summed E-state index contributed by atoms with van der Waals surface area (Å²) in [7, 11) is 0. The predicted octanol–water partition coefficient (Wildman–Crippen LogP) is 8.20. The van der Waals surface area contributed by atoms with E-state index in [2.05, 4.69) is 51.9 Å². The number of pyridine rings is 1. The van der Waals surface area contributed by atoms with Crippen LogP contribution < -0.4 is 10.1 Å². The number of aromatic nitrogens is 3. The fraction of sp³-hybridized carbons (Fsp3) is 0.189. The van der Waals surface area contributed by atoms with E-state index in [-0.39, 0.29) is 24.0 Å². The van der Waals surface area contributed by atoms with E-state index in [1.165, 1.54) is 0 Å². The average molecular weight is 676 g/mol. The van der Waals surface area contributed by atoms with Crippen LogP contribution in [0.5, 0.6) is 5.88 Å². The van der Waals surface area contributed by atoms with Crippen LogP contribution in [-0.2, 0) is 4.79 Å². The Morgan fingerprint density at radius 2 is 1.79 bits per heavy atom. The SMILES string of the molecule is CC(=O)N1CCC(Oc2ncccc2NC(=O)c2[nH]c3cc(Cl)ccc3c2-c2c(-c3ccccc3)bcn2C(C)c2ccc(Cl)cc2)C1. The zero-order valence-electron chi connectivity index (χ0n) is 26.4. The first kappa shape index (κ1) is 31.7. The molecule has 2 unspecified atom stereocenters. The van der Waals surface area contributed by atoms with E-state index in [9.17, 15) is 9.59 Å². The van der Waals surface area contributed by atoms with E-state index in [1.807, 2.05) is 60.7 Å². The van der Waals surface area contributed by atoms with Gasteiger partial charge in [0.15, 0.2) is 0 Å². The molecule has 1 aliphatic heterocycles. The van der Waals surface area contributed by atoms with Crippen molar-refractivity contribution in [3.05, 3.63) is 119 Å². The normalized spacial score (nSPS) is 15.0. The molecule has 7 rings (SSSR count). The van der Waals surface area contributed by atoms with Gasteiger partial charge in [0.2, 0.25) is 5.91 Å². The first-order valence-corrected chi connectivity index (χ1v) is 16.5. The van der Waals surface area contributed by atoms with E-state index in [4.69, 9.17) is 27.9 Å². The van der Waals surface area contributed by atoms with E-state index in [1.54, 1.807) is 30.2 Å². The Morgan fingerprint density at radius 1 is 1.02 bits per heavy atom. The van der Waals surface area contributed by atoms with Crippen LogP contribution in [0.3, 0.4) is 0 Å². The van der Waals surface area contributed by atoms with Gasteiger partial charge in [-0.05, 0) is 0 Å². The number of amides is 2. The molecule has 0 saturated carbocycles. The zero-order chi connectivity index (χ0) is 33.4. The van der Waals surface area contributed by atoms with E-state index >= 15 is 0 Å². The van der Waals surface area contributed by atoms with Crippen molar-refractivity contribution in [1.29, 1.82) is 0 Å². The van der Waals surface area contributed by atoms with Crippen molar-refractivity contribution in [3.63, 3.8) is 0 Å². The summed E-state index contributed by atoms with van der Waals surface area (Å²) in [6.07, 6.45) is 4.14. The van der Waals surface area contributed by atoms with E-state index < -0.39 is 0 Å². The summed E-state index contributed by atoms with van der Waals surface area (Å²) in [5.74, 6) is -0.0587. The van der Waals surface area contributed by atoms with Crippen LogP contribution in [0.4, 0.5) is 5.69 Å². The quantitative estimate of drug-likeness (QED) is 0.170. The molecule has 2 amide bonds. The molecular weight excluding hydrogens is 644 g/mol. The van der Waals surface area contributed by atoms with Gasteiger partial charge in [-0.1, -0.05) is 0 Å². The number of nitrogens with one attached hydrogen (secondary N) is 2. The number of likely N-dealkylation sites (tertiary alicyclic amines) is 1. The van der Waals surface area contributed by atoms with Crippen LogP contribution >= 0.6 is 23.2 Å². The molecule has 3 aromatic heterocycles. The van der Waals surface area contributed by atoms with Gasteiger partial charge in [-0.2, -0.15) is 0 Å². The molecule has 48 heavy (non-hydrogen) atoms. The molecule has 2 atom stereocenters. The number of H-pyrrole nitrogens is 1. The topological polar surface area (TPSA) is 92.2 Å². The monoisotopic (exact) mass is 675 g/mol. The summed E-state index contributed by atoms with van der Waals surface area (Å²) in [5, 5.41) is 5.13. The molecule has 1 saturated heterocycles. The van der Waals surface area contributed by atoms with Crippen molar-refractivity contribution in [2.24, 2.45) is 0 Å². The Labute approximate surface area is 288 Å². The van der Waals surface area contributed by atoms with Crippen molar-refractivity contribution in [3.8, 4) is 28.2 Å². The van der Waals surface area contributed by atoms with Gasteiger partial charge in [-0.25, -0.2) is 0 Å². The van der Waals surface area contributed by atoms with Crippen LogP contribution in [0, 0.1) is 0 Å². The molecule has 3 aromatic carbocycles. The second kappa shape index (κ2) is 13.3. The number of nitrogens with zero attached hydrogens (tertiary/aromatic N) is 3. The molecule has 1 fully saturated rings. The standard InChI is InChI=1S/C37H32BCl2N5O3/c1-22(24-10-12-26(39)13-11-24)45-21-38-33(25-7-4-3-5-8-25)35(45)32-29-15-14-27(40)19-31(29)42-34(32)36(47)43-30-9-6-17-41-37(30)48-28-16-18-44(20-28)23(2)46/h3-15,17,19,21-22,28,42H,16,18,20H2,1-2H3,(H,43,47). The number of carbonyl (C=O) groups is 2. The summed E-state index contributed by atoms with van der Waals surface area (Å²) in [5.41, 5.74) is 6.20. The van der Waals surface area contributed by atoms with Crippen LogP contribution in [0.25, 0.3) is 33.2 Å². The summed E-state index contributed by atoms with van der Waals surface area (Å²) in [6, 6.07) is 27.0. The second-order valence-electron chi connectivity index (χ2n) is 11.9. The fourth-order valence-corrected chi connectivity index (χ4v) is 6.70. The first-order valence-electron chi connectivity index (χ1n) is 15.8. The van der Waals surface area contributed by atoms with E-state index in [0.29, 0.717) is 46.8 Å². The van der Waals surface area contributed by atoms with Crippen LogP contribution in [0.1, 0.15) is 42.4 Å². The molecule has 0 radical (unpaired) electrons. The summed E-state index contributed by atoms with van der Waals surface area (Å²) < 4.78 is 8.42. The molecule has 1 aliphatic rings. The molecule has 4 heterocycles. The second-order valence-corrected chi connectivity index (χ2v) is 12.8. The van der Waals surface area contributed by atoms with Gasteiger partial charge in [0, 0.05) is 6.92 Å². The Kier molecular flexibility index (Phi) is 8.82. The molecule has 2 N–H and O–H groups in total. The zero-order valence-corrected chi connectivity index (χ0v) is 27.9. The van der Waals surface area contributed by atoms with E-state index in [0.717, 1.165) is 38.7 Å². The number of halogens is 2. The molecule has 0 spiro atoms. The number of hydrogen-bond acceptors (Lipinski definition) is 4. The maximum atomic E-state index is 14.4. The van der Waals surface area contributed by atoms with Gasteiger partial charge >= 0.3 is 272 Å². The number of fused-ring (bicyclic) bond motifs is 1. The molecule has 0 aliphatic carbocycles. The van der Waals surface area contributed by atoms with Crippen molar-refractivity contribution >= 4 is 58.5 Å². The summed E-state index contributed by atoms with van der Waals surface area (Å²) in [6.45, 7) is 6.86. The average Bonchev–Trinajstić information content (AvgIpc) is 3.83. The van der Waals surface area contributed by atoms with Gasteiger partial charge in [0.25, 0.3) is 0 Å². The molecule has 11 heteroatoms. The Balaban J connectivity index is 1.34. The van der Waals surface area contributed by atoms with Crippen molar-refractivity contribution in [2.45, 2.75) is 32.4 Å². The van der Waals surface area contributed by atoms with Gasteiger partial charge in [0.1, 0.15) is 0 Å². The number of aromatic amines is 1. The Hall–Kier alpha value is -4.86. The minimum atomic E-state index is -0.363. The third kappa shape index (κ3) is 6.23. The molecule has 240 valence electrons. The molecule has 0 bridgehead atoms. The first-order chi connectivity index (χ1) is 23.3. The van der Waals surface area contributed by atoms with Crippen LogP contribution in [0.2, 0.25) is 10.0 Å². The molecular formula is C37H32BCl2N5O3. The minimum absolute atomic E-state index is 0.00657. The Morgan fingerprint density at radius 3 is 2.54 bits per heavy atom. The van der Waals surface area contributed by atoms with Crippen molar-refractivity contribution in [2.75, 3.05) is 18.4 Å². The summed E-state index contributed by atoms with van der Waals surface area (Å²) in [4.78, 5) is 35.9. The summed E-state index contributed by atoms with van der Waals surface area (Å²) >= 11 is 12.7. The molecule has 6 aromatic rings. The van der Waals surface area contributed by atoms with Gasteiger partial charge < -0.3 is 0 Å². The number of ether oxygens (including phenoxy) is 1. The maximum absolute atomic E-state index is 14.4. The Bertz CT molecular complexity index is 2130. The molecule has 8 nitrogen and oxygen atoms in total. The van der Waals surface area contributed by atoms with Gasteiger partial charge in [-0.15, -0.1) is 0 Å². The third-order valence-corrected chi connectivity index (χ3v) is 9.37. The number of anilines is 1. The van der Waals surface area contributed by atoms with Crippen molar-refractivity contribution < 1.29 is 14.3 Å². The van der Waals surface area contributed by atoms with Crippen LogP contribution in [-0.4, -0.2) is 57.4 Å². The van der Waals surface area contributed by atoms with Gasteiger partial charge in [0.05, 0.1) is 0 Å². The number of rotatable bonds is 8. The van der Waals surface area contributed by atoms with Gasteiger partial charge in [-0.3, -0.25) is 4.79 Å². The number of carbonyl (C=O) groups excluding carboxylic acids is 2. The fourth-order valence-electron chi connectivity index (χ4n) is 6.41. The van der Waals surface area contributed by atoms with Crippen molar-refractivity contribution in [1.82, 2.24) is 19.4 Å². The predicted molar refractivity (Wildman–Crippen MR) is 192 cm³/mol.